The topological polar surface area (TPSA) is 55.8 Å². The summed E-state index contributed by atoms with van der Waals surface area (Å²) in [6.07, 6.45) is 0.115. The summed E-state index contributed by atoms with van der Waals surface area (Å²) in [6.45, 7) is 3.80. The lowest BCUT2D eigenvalue weighted by atomic mass is 9.98. The van der Waals surface area contributed by atoms with Crippen LogP contribution in [0.1, 0.15) is 20.3 Å². The van der Waals surface area contributed by atoms with Gasteiger partial charge in [0.1, 0.15) is 6.04 Å². The van der Waals surface area contributed by atoms with E-state index in [1.54, 1.807) is 0 Å². The SMILES string of the molecule is CCC(C)C(C(=O)OC)N(C)C(=O)OCCl. The first kappa shape index (κ1) is 15.0. The van der Waals surface area contributed by atoms with Crippen LogP contribution in [0.25, 0.3) is 0 Å². The highest BCUT2D eigenvalue weighted by Crippen LogP contribution is 2.15. The number of alkyl halides is 1. The molecule has 0 rings (SSSR count). The maximum atomic E-state index is 11.6. The number of rotatable bonds is 5. The van der Waals surface area contributed by atoms with E-state index < -0.39 is 18.1 Å². The van der Waals surface area contributed by atoms with Crippen LogP contribution in [0.5, 0.6) is 0 Å². The molecule has 0 aliphatic carbocycles. The smallest absolute Gasteiger partial charge is 0.411 e. The van der Waals surface area contributed by atoms with Gasteiger partial charge < -0.3 is 9.47 Å². The third-order valence-corrected chi connectivity index (χ3v) is 2.62. The van der Waals surface area contributed by atoms with Gasteiger partial charge in [-0.3, -0.25) is 4.90 Å². The van der Waals surface area contributed by atoms with Crippen LogP contribution in [0, 0.1) is 5.92 Å². The summed E-state index contributed by atoms with van der Waals surface area (Å²) in [6, 6.07) is -0.886. The predicted octanol–water partition coefficient (Wildman–Crippen LogP) is 1.84. The molecule has 0 N–H and O–H groups in total. The highest BCUT2D eigenvalue weighted by atomic mass is 35.5. The van der Waals surface area contributed by atoms with Crippen molar-refractivity contribution >= 4 is 23.7 Å². The van der Waals surface area contributed by atoms with Gasteiger partial charge >= 0.3 is 12.1 Å². The Morgan fingerprint density at radius 1 is 1.44 bits per heavy atom. The largest absolute Gasteiger partial charge is 0.467 e. The lowest BCUT2D eigenvalue weighted by molar-refractivity contribution is -0.147. The van der Waals surface area contributed by atoms with Gasteiger partial charge in [0.05, 0.1) is 7.11 Å². The molecule has 6 heteroatoms. The summed E-state index contributed by atoms with van der Waals surface area (Å²) in [4.78, 5) is 24.2. The minimum Gasteiger partial charge on any atom is -0.467 e. The van der Waals surface area contributed by atoms with Crippen molar-refractivity contribution in [1.82, 2.24) is 4.90 Å². The van der Waals surface area contributed by atoms with Crippen LogP contribution in [0.4, 0.5) is 4.79 Å². The van der Waals surface area contributed by atoms with Gasteiger partial charge in [-0.1, -0.05) is 31.9 Å². The molecule has 0 saturated heterocycles. The van der Waals surface area contributed by atoms with Gasteiger partial charge in [0.15, 0.2) is 6.07 Å². The fourth-order valence-corrected chi connectivity index (χ4v) is 1.47. The van der Waals surface area contributed by atoms with Gasteiger partial charge in [-0.25, -0.2) is 9.59 Å². The molecule has 0 aromatic carbocycles. The number of halogens is 1. The summed E-state index contributed by atoms with van der Waals surface area (Å²) >= 11 is 5.29. The molecule has 2 atom stereocenters. The zero-order valence-electron chi connectivity index (χ0n) is 10.0. The van der Waals surface area contributed by atoms with Crippen LogP contribution < -0.4 is 0 Å². The number of carbonyl (C=O) groups is 2. The summed E-state index contributed by atoms with van der Waals surface area (Å²) < 4.78 is 9.28. The normalized spacial score (nSPS) is 13.8. The van der Waals surface area contributed by atoms with Crippen molar-refractivity contribution in [1.29, 1.82) is 0 Å². The van der Waals surface area contributed by atoms with E-state index in [0.29, 0.717) is 0 Å². The van der Waals surface area contributed by atoms with Gasteiger partial charge in [0.25, 0.3) is 0 Å². The average molecular weight is 252 g/mol. The van der Waals surface area contributed by atoms with E-state index in [9.17, 15) is 9.59 Å². The van der Waals surface area contributed by atoms with E-state index in [4.69, 9.17) is 11.6 Å². The highest BCUT2D eigenvalue weighted by molar-refractivity contribution is 6.17. The number of esters is 1. The molecule has 0 aromatic heterocycles. The van der Waals surface area contributed by atoms with E-state index in [-0.39, 0.29) is 12.0 Å². The second-order valence-electron chi connectivity index (χ2n) is 3.48. The molecule has 0 aliphatic heterocycles. The number of ether oxygens (including phenoxy) is 2. The Labute approximate surface area is 101 Å². The summed E-state index contributed by atoms with van der Waals surface area (Å²) in [5, 5.41) is 0. The molecule has 2 unspecified atom stereocenters. The van der Waals surface area contributed by atoms with Crippen molar-refractivity contribution in [2.24, 2.45) is 5.92 Å². The fraction of sp³-hybridized carbons (Fsp3) is 0.800. The molecule has 0 saturated carbocycles. The lowest BCUT2D eigenvalue weighted by Gasteiger charge is -2.29. The van der Waals surface area contributed by atoms with Crippen LogP contribution >= 0.6 is 11.6 Å². The van der Waals surface area contributed by atoms with Crippen LogP contribution in [-0.4, -0.2) is 43.2 Å². The third-order valence-electron chi connectivity index (χ3n) is 2.51. The average Bonchev–Trinajstić information content (AvgIpc) is 2.28. The monoisotopic (exact) mass is 251 g/mol. The van der Waals surface area contributed by atoms with Crippen molar-refractivity contribution in [3.63, 3.8) is 0 Å². The molecule has 0 aromatic rings. The first-order chi connectivity index (χ1) is 7.49. The highest BCUT2D eigenvalue weighted by Gasteiger charge is 2.32. The Kier molecular flexibility index (Phi) is 6.88. The van der Waals surface area contributed by atoms with Crippen molar-refractivity contribution in [2.45, 2.75) is 26.3 Å². The molecule has 0 radical (unpaired) electrons. The fourth-order valence-electron chi connectivity index (χ4n) is 1.38. The van der Waals surface area contributed by atoms with Gasteiger partial charge in [-0.05, 0) is 5.92 Å². The molecule has 16 heavy (non-hydrogen) atoms. The number of amides is 1. The number of methoxy groups -OCH3 is 1. The van der Waals surface area contributed by atoms with Gasteiger partial charge in [0.2, 0.25) is 0 Å². The molecule has 5 nitrogen and oxygen atoms in total. The number of hydrogen-bond acceptors (Lipinski definition) is 4. The maximum absolute atomic E-state index is 11.6. The second kappa shape index (κ2) is 7.33. The first-order valence-corrected chi connectivity index (χ1v) is 5.56. The second-order valence-corrected chi connectivity index (χ2v) is 3.70. The molecular weight excluding hydrogens is 234 g/mol. The van der Waals surface area contributed by atoms with E-state index in [0.717, 1.165) is 6.42 Å². The van der Waals surface area contributed by atoms with Crippen molar-refractivity contribution < 1.29 is 19.1 Å². The molecule has 0 spiro atoms. The number of likely N-dealkylation sites (N-methyl/N-ethyl adjacent to an activating group) is 1. The molecule has 94 valence electrons. The maximum Gasteiger partial charge on any atom is 0.411 e. The third kappa shape index (κ3) is 3.89. The van der Waals surface area contributed by atoms with Crippen molar-refractivity contribution in [3.8, 4) is 0 Å². The lowest BCUT2D eigenvalue weighted by Crippen LogP contribution is -2.47. The van der Waals surface area contributed by atoms with Crippen molar-refractivity contribution in [2.75, 3.05) is 20.2 Å². The summed E-state index contributed by atoms with van der Waals surface area (Å²) in [5.74, 6) is -0.469. The number of hydrogen-bond donors (Lipinski definition) is 0. The van der Waals surface area contributed by atoms with Gasteiger partial charge in [-0.15, -0.1) is 0 Å². The van der Waals surface area contributed by atoms with Crippen molar-refractivity contribution in [3.05, 3.63) is 0 Å². The van der Waals surface area contributed by atoms with Gasteiger partial charge in [0, 0.05) is 7.05 Å². The molecule has 0 heterocycles. The Morgan fingerprint density at radius 3 is 2.38 bits per heavy atom. The predicted molar refractivity (Wildman–Crippen MR) is 60.2 cm³/mol. The zero-order chi connectivity index (χ0) is 12.7. The summed E-state index contributed by atoms with van der Waals surface area (Å²) in [5.41, 5.74) is 0. The zero-order valence-corrected chi connectivity index (χ0v) is 10.8. The minimum atomic E-state index is -0.647. The summed E-state index contributed by atoms with van der Waals surface area (Å²) in [7, 11) is 2.78. The molecule has 0 fully saturated rings. The molecule has 1 amide bonds. The van der Waals surface area contributed by atoms with E-state index in [1.807, 2.05) is 13.8 Å². The quantitative estimate of drug-likeness (QED) is 0.553. The Morgan fingerprint density at radius 2 is 2.00 bits per heavy atom. The minimum absolute atomic E-state index is 0.0136. The van der Waals surface area contributed by atoms with Gasteiger partial charge in [-0.2, -0.15) is 0 Å². The van der Waals surface area contributed by atoms with Crippen LogP contribution in [-0.2, 0) is 14.3 Å². The number of nitrogens with zero attached hydrogens (tertiary/aromatic N) is 1. The van der Waals surface area contributed by atoms with Crippen LogP contribution in [0.2, 0.25) is 0 Å². The van der Waals surface area contributed by atoms with E-state index in [1.165, 1.54) is 19.1 Å². The van der Waals surface area contributed by atoms with Crippen LogP contribution in [0.15, 0.2) is 0 Å². The Bertz CT molecular complexity index is 247. The standard InChI is InChI=1S/C10H18ClNO4/c1-5-7(2)8(9(13)15-4)12(3)10(14)16-6-11/h7-8H,5-6H2,1-4H3. The Hall–Kier alpha value is -0.970. The molecule has 0 aliphatic rings. The Balaban J connectivity index is 4.74. The van der Waals surface area contributed by atoms with E-state index >= 15 is 0 Å². The molecule has 0 bridgehead atoms. The number of carbonyl (C=O) groups excluding carboxylic acids is 2. The van der Waals surface area contributed by atoms with E-state index in [2.05, 4.69) is 9.47 Å². The first-order valence-electron chi connectivity index (χ1n) is 5.02. The molecular formula is C10H18ClNO4. The van der Waals surface area contributed by atoms with Crippen LogP contribution in [0.3, 0.4) is 0 Å².